The molecular formula is C10H12N2O3. The van der Waals surface area contributed by atoms with Gasteiger partial charge in [-0.1, -0.05) is 0 Å². The largest absolute Gasteiger partial charge is 0.481 e. The third-order valence-corrected chi connectivity index (χ3v) is 1.84. The van der Waals surface area contributed by atoms with Crippen LogP contribution in [0.3, 0.4) is 0 Å². The highest BCUT2D eigenvalue weighted by atomic mass is 16.4. The van der Waals surface area contributed by atoms with Gasteiger partial charge in [0.2, 0.25) is 5.91 Å². The minimum atomic E-state index is -0.851. The van der Waals surface area contributed by atoms with Crippen molar-refractivity contribution < 1.29 is 14.7 Å². The summed E-state index contributed by atoms with van der Waals surface area (Å²) in [5, 5.41) is 11.3. The summed E-state index contributed by atoms with van der Waals surface area (Å²) in [6.45, 7) is 0.352. The fraction of sp³-hybridized carbons (Fsp3) is 0.200. The zero-order chi connectivity index (χ0) is 11.3. The summed E-state index contributed by atoms with van der Waals surface area (Å²) in [5.41, 5.74) is 6.26. The number of hydrogen-bond acceptors (Lipinski definition) is 3. The lowest BCUT2D eigenvalue weighted by Gasteiger charge is -2.04. The fourth-order valence-corrected chi connectivity index (χ4v) is 1.07. The first kappa shape index (κ1) is 11.0. The van der Waals surface area contributed by atoms with E-state index in [0.29, 0.717) is 12.1 Å². The number of carbonyl (C=O) groups excluding carboxylic acids is 1. The van der Waals surface area contributed by atoms with Crippen LogP contribution in [0.1, 0.15) is 16.8 Å². The third kappa shape index (κ3) is 3.68. The zero-order valence-electron chi connectivity index (χ0n) is 8.06. The van der Waals surface area contributed by atoms with E-state index in [1.807, 2.05) is 0 Å². The van der Waals surface area contributed by atoms with Gasteiger partial charge in [0.25, 0.3) is 0 Å². The summed E-state index contributed by atoms with van der Waals surface area (Å²) in [5.74, 6) is -1.33. The molecule has 4 N–H and O–H groups in total. The molecule has 0 aromatic heterocycles. The molecule has 0 bridgehead atoms. The van der Waals surface area contributed by atoms with E-state index >= 15 is 0 Å². The predicted octanol–water partition coefficient (Wildman–Crippen LogP) is 0.672. The molecule has 0 spiro atoms. The van der Waals surface area contributed by atoms with Gasteiger partial charge in [-0.05, 0) is 24.3 Å². The summed E-state index contributed by atoms with van der Waals surface area (Å²) in [7, 11) is 0. The maximum absolute atomic E-state index is 10.7. The Hall–Kier alpha value is -2.04. The minimum absolute atomic E-state index is 0.0531. The van der Waals surface area contributed by atoms with Crippen molar-refractivity contribution in [2.75, 3.05) is 11.9 Å². The molecule has 0 saturated heterocycles. The Labute approximate surface area is 86.9 Å². The van der Waals surface area contributed by atoms with Gasteiger partial charge in [-0.25, -0.2) is 0 Å². The quantitative estimate of drug-likeness (QED) is 0.663. The van der Waals surface area contributed by atoms with Crippen LogP contribution in [0, 0.1) is 0 Å². The lowest BCUT2D eigenvalue weighted by Crippen LogP contribution is -2.11. The van der Waals surface area contributed by atoms with Crippen LogP contribution in [-0.4, -0.2) is 23.5 Å². The van der Waals surface area contributed by atoms with E-state index in [4.69, 9.17) is 10.8 Å². The number of benzene rings is 1. The van der Waals surface area contributed by atoms with Gasteiger partial charge in [-0.15, -0.1) is 0 Å². The number of aliphatic carboxylic acids is 1. The van der Waals surface area contributed by atoms with E-state index in [2.05, 4.69) is 5.32 Å². The summed E-state index contributed by atoms with van der Waals surface area (Å²) >= 11 is 0. The van der Waals surface area contributed by atoms with Gasteiger partial charge >= 0.3 is 5.97 Å². The van der Waals surface area contributed by atoms with Gasteiger partial charge in [0.1, 0.15) is 0 Å². The first-order chi connectivity index (χ1) is 7.09. The monoisotopic (exact) mass is 208 g/mol. The highest BCUT2D eigenvalue weighted by Crippen LogP contribution is 2.08. The molecule has 1 aromatic carbocycles. The Bertz CT molecular complexity index is 359. The summed E-state index contributed by atoms with van der Waals surface area (Å²) in [6.07, 6.45) is 0.0531. The van der Waals surface area contributed by atoms with Crippen molar-refractivity contribution >= 4 is 17.6 Å². The number of amides is 1. The molecule has 80 valence electrons. The molecule has 0 radical (unpaired) electrons. The number of nitrogens with two attached hydrogens (primary N) is 1. The average molecular weight is 208 g/mol. The zero-order valence-corrected chi connectivity index (χ0v) is 8.06. The van der Waals surface area contributed by atoms with Crippen molar-refractivity contribution in [3.05, 3.63) is 29.8 Å². The number of hydrogen-bond donors (Lipinski definition) is 3. The van der Waals surface area contributed by atoms with Crippen molar-refractivity contribution in [1.82, 2.24) is 0 Å². The molecule has 15 heavy (non-hydrogen) atoms. The van der Waals surface area contributed by atoms with E-state index in [-0.39, 0.29) is 6.42 Å². The van der Waals surface area contributed by atoms with Crippen molar-refractivity contribution in [3.8, 4) is 0 Å². The van der Waals surface area contributed by atoms with Crippen LogP contribution in [0.4, 0.5) is 5.69 Å². The van der Waals surface area contributed by atoms with Crippen molar-refractivity contribution in [2.24, 2.45) is 5.73 Å². The van der Waals surface area contributed by atoms with E-state index in [0.717, 1.165) is 5.69 Å². The molecule has 0 unspecified atom stereocenters. The van der Waals surface area contributed by atoms with Crippen LogP contribution in [-0.2, 0) is 4.79 Å². The smallest absolute Gasteiger partial charge is 0.305 e. The topological polar surface area (TPSA) is 92.4 Å². The summed E-state index contributed by atoms with van der Waals surface area (Å²) in [6, 6.07) is 6.54. The Morgan fingerprint density at radius 2 is 1.87 bits per heavy atom. The normalized spacial score (nSPS) is 9.60. The molecular weight excluding hydrogens is 196 g/mol. The van der Waals surface area contributed by atoms with Crippen molar-refractivity contribution in [3.63, 3.8) is 0 Å². The van der Waals surface area contributed by atoms with E-state index in [1.54, 1.807) is 24.3 Å². The summed E-state index contributed by atoms with van der Waals surface area (Å²) in [4.78, 5) is 21.0. The molecule has 5 nitrogen and oxygen atoms in total. The van der Waals surface area contributed by atoms with E-state index in [9.17, 15) is 9.59 Å². The molecule has 0 atom stereocenters. The molecule has 0 saturated carbocycles. The Morgan fingerprint density at radius 1 is 1.27 bits per heavy atom. The standard InChI is InChI=1S/C10H12N2O3/c11-10(15)7-1-3-8(4-2-7)12-6-5-9(13)14/h1-4,12H,5-6H2,(H2,11,15)(H,13,14). The van der Waals surface area contributed by atoms with Crippen molar-refractivity contribution in [2.45, 2.75) is 6.42 Å². The number of carboxylic acid groups (broad SMARTS) is 1. The average Bonchev–Trinajstić information content (AvgIpc) is 2.18. The van der Waals surface area contributed by atoms with Crippen LogP contribution in [0.25, 0.3) is 0 Å². The van der Waals surface area contributed by atoms with E-state index < -0.39 is 11.9 Å². The van der Waals surface area contributed by atoms with Gasteiger partial charge in [0.15, 0.2) is 0 Å². The maximum Gasteiger partial charge on any atom is 0.305 e. The van der Waals surface area contributed by atoms with Gasteiger partial charge in [-0.2, -0.15) is 0 Å². The summed E-state index contributed by atoms with van der Waals surface area (Å²) < 4.78 is 0. The highest BCUT2D eigenvalue weighted by molar-refractivity contribution is 5.93. The molecule has 1 amide bonds. The van der Waals surface area contributed by atoms with Crippen LogP contribution in [0.5, 0.6) is 0 Å². The lowest BCUT2D eigenvalue weighted by molar-refractivity contribution is -0.136. The van der Waals surface area contributed by atoms with Crippen LogP contribution in [0.15, 0.2) is 24.3 Å². The first-order valence-corrected chi connectivity index (χ1v) is 4.45. The van der Waals surface area contributed by atoms with Crippen molar-refractivity contribution in [1.29, 1.82) is 0 Å². The lowest BCUT2D eigenvalue weighted by atomic mass is 10.2. The third-order valence-electron chi connectivity index (χ3n) is 1.84. The van der Waals surface area contributed by atoms with Gasteiger partial charge in [0, 0.05) is 17.8 Å². The highest BCUT2D eigenvalue weighted by Gasteiger charge is 2.00. The second kappa shape index (κ2) is 4.99. The second-order valence-corrected chi connectivity index (χ2v) is 3.01. The maximum atomic E-state index is 10.7. The van der Waals surface area contributed by atoms with E-state index in [1.165, 1.54) is 0 Å². The number of carboxylic acids is 1. The molecule has 1 aromatic rings. The number of nitrogens with one attached hydrogen (secondary N) is 1. The number of anilines is 1. The van der Waals surface area contributed by atoms with Gasteiger partial charge in [0.05, 0.1) is 6.42 Å². The van der Waals surface area contributed by atoms with Gasteiger partial charge in [-0.3, -0.25) is 9.59 Å². The van der Waals surface area contributed by atoms with Crippen LogP contribution >= 0.6 is 0 Å². The molecule has 0 aliphatic rings. The van der Waals surface area contributed by atoms with Crippen LogP contribution in [0.2, 0.25) is 0 Å². The Morgan fingerprint density at radius 3 is 2.33 bits per heavy atom. The SMILES string of the molecule is NC(=O)c1ccc(NCCC(=O)O)cc1. The van der Waals surface area contributed by atoms with Crippen LogP contribution < -0.4 is 11.1 Å². The Kier molecular flexibility index (Phi) is 3.68. The number of rotatable bonds is 5. The number of carbonyl (C=O) groups is 2. The molecule has 1 rings (SSSR count). The molecule has 0 aliphatic heterocycles. The Balaban J connectivity index is 2.50. The second-order valence-electron chi connectivity index (χ2n) is 3.01. The fourth-order valence-electron chi connectivity index (χ4n) is 1.07. The molecule has 0 aliphatic carbocycles. The number of primary amides is 1. The van der Waals surface area contributed by atoms with Gasteiger partial charge < -0.3 is 16.2 Å². The molecule has 0 fully saturated rings. The molecule has 0 heterocycles. The minimum Gasteiger partial charge on any atom is -0.481 e. The molecule has 5 heteroatoms. The first-order valence-electron chi connectivity index (χ1n) is 4.45. The predicted molar refractivity (Wildman–Crippen MR) is 55.7 cm³/mol.